The van der Waals surface area contributed by atoms with Crippen LogP contribution < -0.4 is 4.90 Å². The van der Waals surface area contributed by atoms with Crippen molar-refractivity contribution in [2.45, 2.75) is 13.8 Å². The molecule has 0 atom stereocenters. The summed E-state index contributed by atoms with van der Waals surface area (Å²) in [5.74, 6) is 0.302. The standard InChI is InChI=1S/C22H15ClN2O5S/c1-12-8-14(9-18(13(12)2)25(28)29)19-7-6-17(30-19)11-20-21(26)24(22(27)31-20)16-5-3-4-15(23)10-16/h3-11H,1-2H3/b20-11-. The van der Waals surface area contributed by atoms with Gasteiger partial charge in [0.25, 0.3) is 16.8 Å². The molecule has 0 bridgehead atoms. The Hall–Kier alpha value is -3.36. The van der Waals surface area contributed by atoms with Crippen molar-refractivity contribution in [3.05, 3.63) is 85.5 Å². The second kappa shape index (κ2) is 8.05. The summed E-state index contributed by atoms with van der Waals surface area (Å²) in [7, 11) is 0. The number of benzene rings is 2. The van der Waals surface area contributed by atoms with Crippen LogP contribution in [0.1, 0.15) is 16.9 Å². The van der Waals surface area contributed by atoms with E-state index in [1.807, 2.05) is 0 Å². The van der Waals surface area contributed by atoms with Crippen molar-refractivity contribution in [2.24, 2.45) is 0 Å². The number of nitrogens with zero attached hydrogens (tertiary/aromatic N) is 2. The Balaban J connectivity index is 1.64. The van der Waals surface area contributed by atoms with Gasteiger partial charge in [0.2, 0.25) is 0 Å². The highest BCUT2D eigenvalue weighted by Crippen LogP contribution is 2.37. The number of hydrogen-bond donors (Lipinski definition) is 0. The first-order valence-corrected chi connectivity index (χ1v) is 10.3. The summed E-state index contributed by atoms with van der Waals surface area (Å²) in [6.45, 7) is 3.49. The molecule has 0 radical (unpaired) electrons. The number of hydrogen-bond acceptors (Lipinski definition) is 6. The molecule has 0 spiro atoms. The van der Waals surface area contributed by atoms with Gasteiger partial charge in [0.15, 0.2) is 0 Å². The van der Waals surface area contributed by atoms with E-state index in [4.69, 9.17) is 16.0 Å². The fourth-order valence-electron chi connectivity index (χ4n) is 3.19. The van der Waals surface area contributed by atoms with Crippen LogP contribution in [0.5, 0.6) is 0 Å². The van der Waals surface area contributed by atoms with E-state index in [9.17, 15) is 19.7 Å². The SMILES string of the molecule is Cc1cc(-c2ccc(/C=C3\SC(=O)N(c4cccc(Cl)c4)C3=O)o2)cc([N+](=O)[O-])c1C. The molecular weight excluding hydrogens is 440 g/mol. The number of anilines is 1. The first-order valence-electron chi connectivity index (χ1n) is 9.14. The summed E-state index contributed by atoms with van der Waals surface area (Å²) in [4.78, 5) is 37.3. The zero-order valence-corrected chi connectivity index (χ0v) is 18.0. The predicted octanol–water partition coefficient (Wildman–Crippen LogP) is 6.37. The monoisotopic (exact) mass is 454 g/mol. The van der Waals surface area contributed by atoms with Gasteiger partial charge in [-0.2, -0.15) is 0 Å². The lowest BCUT2D eigenvalue weighted by molar-refractivity contribution is -0.385. The molecule has 0 saturated carbocycles. The molecule has 0 unspecified atom stereocenters. The summed E-state index contributed by atoms with van der Waals surface area (Å²) in [5, 5.41) is 11.3. The Labute approximate surface area is 186 Å². The largest absolute Gasteiger partial charge is 0.457 e. The molecule has 1 aliphatic rings. The number of thioether (sulfide) groups is 1. The van der Waals surface area contributed by atoms with Gasteiger partial charge in [0, 0.05) is 28.3 Å². The van der Waals surface area contributed by atoms with Crippen LogP contribution in [0.15, 0.2) is 57.9 Å². The molecule has 7 nitrogen and oxygen atoms in total. The highest BCUT2D eigenvalue weighted by Gasteiger charge is 2.36. The summed E-state index contributed by atoms with van der Waals surface area (Å²) < 4.78 is 5.79. The molecule has 4 rings (SSSR count). The molecule has 9 heteroatoms. The van der Waals surface area contributed by atoms with Gasteiger partial charge in [0.1, 0.15) is 11.5 Å². The smallest absolute Gasteiger partial charge is 0.298 e. The van der Waals surface area contributed by atoms with Gasteiger partial charge in [-0.15, -0.1) is 0 Å². The average Bonchev–Trinajstić information content (AvgIpc) is 3.28. The van der Waals surface area contributed by atoms with E-state index in [0.29, 0.717) is 33.4 Å². The van der Waals surface area contributed by atoms with E-state index in [2.05, 4.69) is 0 Å². The first-order chi connectivity index (χ1) is 14.7. The molecule has 31 heavy (non-hydrogen) atoms. The van der Waals surface area contributed by atoms with Crippen LogP contribution in [-0.2, 0) is 4.79 Å². The van der Waals surface area contributed by atoms with Crippen LogP contribution in [0.2, 0.25) is 5.02 Å². The van der Waals surface area contributed by atoms with E-state index in [1.54, 1.807) is 56.3 Å². The summed E-state index contributed by atoms with van der Waals surface area (Å²) in [6, 6.07) is 13.1. The van der Waals surface area contributed by atoms with Gasteiger partial charge in [-0.05, 0) is 67.6 Å². The van der Waals surface area contributed by atoms with E-state index in [0.717, 1.165) is 22.2 Å². The molecule has 3 aromatic rings. The zero-order valence-electron chi connectivity index (χ0n) is 16.4. The Kier molecular flexibility index (Phi) is 5.43. The van der Waals surface area contributed by atoms with E-state index >= 15 is 0 Å². The number of aryl methyl sites for hydroxylation is 1. The number of imide groups is 1. The lowest BCUT2D eigenvalue weighted by atomic mass is 10.0. The Morgan fingerprint density at radius 2 is 1.90 bits per heavy atom. The topological polar surface area (TPSA) is 93.7 Å². The number of rotatable bonds is 4. The van der Waals surface area contributed by atoms with E-state index < -0.39 is 16.1 Å². The highest BCUT2D eigenvalue weighted by atomic mass is 35.5. The number of nitro benzene ring substituents is 1. The van der Waals surface area contributed by atoms with Gasteiger partial charge in [-0.3, -0.25) is 19.7 Å². The van der Waals surface area contributed by atoms with E-state index in [1.165, 1.54) is 12.1 Å². The number of halogens is 1. The summed E-state index contributed by atoms with van der Waals surface area (Å²) in [5.41, 5.74) is 2.32. The second-order valence-corrected chi connectivity index (χ2v) is 8.32. The molecule has 2 heterocycles. The van der Waals surface area contributed by atoms with Crippen molar-refractivity contribution in [2.75, 3.05) is 4.90 Å². The maximum absolute atomic E-state index is 12.8. The van der Waals surface area contributed by atoms with Crippen molar-refractivity contribution >= 4 is 52.0 Å². The zero-order chi connectivity index (χ0) is 22.3. The molecule has 1 fully saturated rings. The van der Waals surface area contributed by atoms with Crippen molar-refractivity contribution < 1.29 is 18.9 Å². The summed E-state index contributed by atoms with van der Waals surface area (Å²) in [6.07, 6.45) is 1.48. The fraction of sp³-hybridized carbons (Fsp3) is 0.0909. The van der Waals surface area contributed by atoms with Gasteiger partial charge < -0.3 is 4.42 Å². The molecular formula is C22H15ClN2O5S. The van der Waals surface area contributed by atoms with E-state index in [-0.39, 0.29) is 10.6 Å². The van der Waals surface area contributed by atoms with Crippen molar-refractivity contribution in [3.8, 4) is 11.3 Å². The molecule has 1 aromatic heterocycles. The number of nitro groups is 1. The van der Waals surface area contributed by atoms with Crippen molar-refractivity contribution in [1.82, 2.24) is 0 Å². The summed E-state index contributed by atoms with van der Waals surface area (Å²) >= 11 is 6.77. The minimum absolute atomic E-state index is 0.00981. The maximum Gasteiger partial charge on any atom is 0.298 e. The van der Waals surface area contributed by atoms with Gasteiger partial charge in [-0.25, -0.2) is 4.90 Å². The molecule has 156 valence electrons. The highest BCUT2D eigenvalue weighted by molar-refractivity contribution is 8.19. The quantitative estimate of drug-likeness (QED) is 0.258. The van der Waals surface area contributed by atoms with Crippen LogP contribution in [0.4, 0.5) is 16.2 Å². The van der Waals surface area contributed by atoms with Crippen LogP contribution in [0, 0.1) is 24.0 Å². The molecule has 1 saturated heterocycles. The Morgan fingerprint density at radius 1 is 1.13 bits per heavy atom. The first kappa shape index (κ1) is 20.9. The number of amides is 2. The van der Waals surface area contributed by atoms with Gasteiger partial charge >= 0.3 is 0 Å². The van der Waals surface area contributed by atoms with Gasteiger partial charge in [-0.1, -0.05) is 17.7 Å². The van der Waals surface area contributed by atoms with Crippen LogP contribution >= 0.6 is 23.4 Å². The van der Waals surface area contributed by atoms with Crippen molar-refractivity contribution in [3.63, 3.8) is 0 Å². The van der Waals surface area contributed by atoms with Gasteiger partial charge in [0.05, 0.1) is 15.5 Å². The van der Waals surface area contributed by atoms with Crippen LogP contribution in [0.25, 0.3) is 17.4 Å². The maximum atomic E-state index is 12.8. The fourth-order valence-corrected chi connectivity index (χ4v) is 4.20. The average molecular weight is 455 g/mol. The normalized spacial score (nSPS) is 15.2. The number of furan rings is 1. The molecule has 0 aliphatic carbocycles. The lowest BCUT2D eigenvalue weighted by Crippen LogP contribution is -2.27. The number of carbonyl (C=O) groups excluding carboxylic acids is 2. The minimum Gasteiger partial charge on any atom is -0.457 e. The van der Waals surface area contributed by atoms with Crippen LogP contribution in [-0.4, -0.2) is 16.1 Å². The number of carbonyl (C=O) groups is 2. The predicted molar refractivity (Wildman–Crippen MR) is 120 cm³/mol. The van der Waals surface area contributed by atoms with Crippen molar-refractivity contribution in [1.29, 1.82) is 0 Å². The van der Waals surface area contributed by atoms with Crippen LogP contribution in [0.3, 0.4) is 0 Å². The molecule has 1 aliphatic heterocycles. The second-order valence-electron chi connectivity index (χ2n) is 6.89. The third-order valence-electron chi connectivity index (χ3n) is 4.88. The minimum atomic E-state index is -0.475. The molecule has 0 N–H and O–H groups in total. The molecule has 2 aromatic carbocycles. The third-order valence-corrected chi connectivity index (χ3v) is 5.99. The lowest BCUT2D eigenvalue weighted by Gasteiger charge is -2.12. The molecule has 2 amide bonds. The third kappa shape index (κ3) is 3.99. The Morgan fingerprint density at radius 3 is 2.61 bits per heavy atom. The Bertz CT molecular complexity index is 1280.